The first-order chi connectivity index (χ1) is 16.6. The van der Waals surface area contributed by atoms with E-state index in [-0.39, 0.29) is 11.7 Å². The third-order valence-corrected chi connectivity index (χ3v) is 6.23. The van der Waals surface area contributed by atoms with Crippen LogP contribution >= 0.6 is 0 Å². The van der Waals surface area contributed by atoms with E-state index >= 15 is 0 Å². The van der Waals surface area contributed by atoms with Crippen molar-refractivity contribution in [3.05, 3.63) is 96.3 Å². The number of amides is 1. The van der Waals surface area contributed by atoms with Gasteiger partial charge in [-0.25, -0.2) is 9.37 Å². The molecule has 0 bridgehead atoms. The van der Waals surface area contributed by atoms with Gasteiger partial charge in [0.2, 0.25) is 5.91 Å². The van der Waals surface area contributed by atoms with E-state index in [1.807, 2.05) is 67.6 Å². The van der Waals surface area contributed by atoms with Crippen molar-refractivity contribution < 1.29 is 9.18 Å². The number of hydrogen-bond acceptors (Lipinski definition) is 2. The fraction of sp³-hybridized carbons (Fsp3) is 0.172. The molecule has 0 radical (unpaired) electrons. The van der Waals surface area contributed by atoms with Gasteiger partial charge in [-0.2, -0.15) is 0 Å². The maximum Gasteiger partial charge on any atom is 0.226 e. The molecule has 0 aliphatic heterocycles. The lowest BCUT2D eigenvalue weighted by Gasteiger charge is -2.21. The van der Waals surface area contributed by atoms with Crippen LogP contribution in [0, 0.1) is 5.82 Å². The Morgan fingerprint density at radius 2 is 1.76 bits per heavy atom. The minimum atomic E-state index is -0.275. The highest BCUT2D eigenvalue weighted by molar-refractivity contribution is 5.94. The molecule has 0 atom stereocenters. The first-order valence-corrected chi connectivity index (χ1v) is 11.7. The van der Waals surface area contributed by atoms with E-state index in [2.05, 4.69) is 11.1 Å². The normalized spacial score (nSPS) is 11.2. The maximum atomic E-state index is 14.1. The molecule has 5 rings (SSSR count). The molecule has 2 aromatic heterocycles. The summed E-state index contributed by atoms with van der Waals surface area (Å²) in [4.78, 5) is 23.1. The van der Waals surface area contributed by atoms with Crippen LogP contribution in [0.1, 0.15) is 25.3 Å². The average molecular weight is 452 g/mol. The Morgan fingerprint density at radius 1 is 0.971 bits per heavy atom. The first kappa shape index (κ1) is 21.8. The molecule has 0 saturated heterocycles. The number of aromatic amines is 1. The summed E-state index contributed by atoms with van der Waals surface area (Å²) in [6.07, 6.45) is 1.72. The second kappa shape index (κ2) is 9.48. The number of aryl methyl sites for hydroxylation is 1. The van der Waals surface area contributed by atoms with Crippen LogP contribution in [0.3, 0.4) is 0 Å². The van der Waals surface area contributed by atoms with Gasteiger partial charge in [0.25, 0.3) is 0 Å². The Labute approximate surface area is 198 Å². The summed E-state index contributed by atoms with van der Waals surface area (Å²) in [5, 5.41) is 1.91. The van der Waals surface area contributed by atoms with Gasteiger partial charge in [-0.1, -0.05) is 42.5 Å². The van der Waals surface area contributed by atoms with Gasteiger partial charge in [0.1, 0.15) is 5.82 Å². The number of carbonyl (C=O) groups excluding carboxylic acids is 1. The van der Waals surface area contributed by atoms with Gasteiger partial charge in [0.15, 0.2) is 0 Å². The molecule has 5 aromatic rings. The van der Waals surface area contributed by atoms with Crippen LogP contribution in [-0.2, 0) is 11.2 Å². The lowest BCUT2D eigenvalue weighted by atomic mass is 10.0. The van der Waals surface area contributed by atoms with Gasteiger partial charge in [-0.15, -0.1) is 0 Å². The molecule has 1 N–H and O–H groups in total. The fourth-order valence-electron chi connectivity index (χ4n) is 4.57. The second-order valence-electron chi connectivity index (χ2n) is 8.38. The van der Waals surface area contributed by atoms with Crippen LogP contribution in [0.2, 0.25) is 0 Å². The quantitative estimate of drug-likeness (QED) is 0.293. The molecule has 5 heteroatoms. The Hall–Kier alpha value is -3.99. The number of pyridine rings is 1. The Bertz CT molecular complexity index is 1460. The smallest absolute Gasteiger partial charge is 0.226 e. The van der Waals surface area contributed by atoms with E-state index in [1.54, 1.807) is 17.0 Å². The van der Waals surface area contributed by atoms with Crippen molar-refractivity contribution in [2.75, 3.05) is 11.4 Å². The molecule has 3 aromatic carbocycles. The number of fused-ring (bicyclic) bond motifs is 2. The topological polar surface area (TPSA) is 49.0 Å². The van der Waals surface area contributed by atoms with Crippen molar-refractivity contribution >= 4 is 33.4 Å². The molecule has 0 saturated carbocycles. The molecule has 0 fully saturated rings. The number of rotatable bonds is 7. The second-order valence-corrected chi connectivity index (χ2v) is 8.38. The number of carbonyl (C=O) groups is 1. The zero-order chi connectivity index (χ0) is 23.5. The number of H-pyrrole nitrogens is 1. The van der Waals surface area contributed by atoms with Gasteiger partial charge in [0.05, 0.1) is 16.9 Å². The lowest BCUT2D eigenvalue weighted by Crippen LogP contribution is -2.30. The number of benzene rings is 3. The summed E-state index contributed by atoms with van der Waals surface area (Å²) in [5.74, 6) is -0.187. The molecule has 0 spiro atoms. The summed E-state index contributed by atoms with van der Waals surface area (Å²) in [5.41, 5.74) is 5.38. The maximum absolute atomic E-state index is 14.1. The summed E-state index contributed by atoms with van der Waals surface area (Å²) >= 11 is 0. The molecule has 0 unspecified atom stereocenters. The van der Waals surface area contributed by atoms with Crippen LogP contribution < -0.4 is 4.90 Å². The highest BCUT2D eigenvalue weighted by Crippen LogP contribution is 2.32. The molecular formula is C29H26FN3O. The van der Waals surface area contributed by atoms with E-state index in [9.17, 15) is 9.18 Å². The number of hydrogen-bond donors (Lipinski definition) is 1. The number of nitrogens with zero attached hydrogens (tertiary/aromatic N) is 2. The summed E-state index contributed by atoms with van der Waals surface area (Å²) in [7, 11) is 0. The number of halogens is 1. The first-order valence-electron chi connectivity index (χ1n) is 11.7. The van der Waals surface area contributed by atoms with Crippen molar-refractivity contribution in [3.8, 4) is 11.4 Å². The predicted molar refractivity (Wildman–Crippen MR) is 136 cm³/mol. The fourth-order valence-corrected chi connectivity index (χ4v) is 4.57. The summed E-state index contributed by atoms with van der Waals surface area (Å²) in [6, 6.07) is 26.5. The molecule has 0 aliphatic rings. The van der Waals surface area contributed by atoms with E-state index in [4.69, 9.17) is 4.98 Å². The van der Waals surface area contributed by atoms with Crippen LogP contribution in [0.4, 0.5) is 10.1 Å². The third-order valence-electron chi connectivity index (χ3n) is 6.23. The minimum absolute atomic E-state index is 0.0881. The molecule has 1 amide bonds. The van der Waals surface area contributed by atoms with Crippen molar-refractivity contribution in [2.45, 2.75) is 26.2 Å². The lowest BCUT2D eigenvalue weighted by molar-refractivity contribution is -0.118. The van der Waals surface area contributed by atoms with E-state index < -0.39 is 0 Å². The molecule has 170 valence electrons. The van der Waals surface area contributed by atoms with Crippen molar-refractivity contribution in [2.24, 2.45) is 0 Å². The van der Waals surface area contributed by atoms with E-state index in [0.29, 0.717) is 25.8 Å². The van der Waals surface area contributed by atoms with Gasteiger partial charge in [0, 0.05) is 34.9 Å². The monoisotopic (exact) mass is 451 g/mol. The number of anilines is 1. The highest BCUT2D eigenvalue weighted by Gasteiger charge is 2.18. The van der Waals surface area contributed by atoms with Crippen LogP contribution in [0.15, 0.2) is 84.9 Å². The molecular weight excluding hydrogens is 425 g/mol. The third kappa shape index (κ3) is 4.29. The Morgan fingerprint density at radius 3 is 2.59 bits per heavy atom. The number of aromatic nitrogens is 2. The van der Waals surface area contributed by atoms with Crippen molar-refractivity contribution in [1.82, 2.24) is 9.97 Å². The molecule has 0 aliphatic carbocycles. The van der Waals surface area contributed by atoms with Crippen molar-refractivity contribution in [1.29, 1.82) is 0 Å². The Balaban J connectivity index is 1.44. The van der Waals surface area contributed by atoms with E-state index in [1.165, 1.54) is 6.07 Å². The van der Waals surface area contributed by atoms with Crippen LogP contribution in [-0.4, -0.2) is 22.4 Å². The zero-order valence-electron chi connectivity index (χ0n) is 19.1. The SMILES string of the molecule is CCN(C(=O)CCCc1c(-c2ccc3ccccc3n2)[nH]c2ccc(F)cc12)c1ccccc1. The van der Waals surface area contributed by atoms with Crippen molar-refractivity contribution in [3.63, 3.8) is 0 Å². The van der Waals surface area contributed by atoms with Gasteiger partial charge in [-0.3, -0.25) is 4.79 Å². The standard InChI is InChI=1S/C29H26FN3O/c1-2-33(22-10-4-3-5-11-22)28(34)14-8-12-23-24-19-21(30)16-18-26(24)32-29(23)27-17-15-20-9-6-7-13-25(20)31-27/h3-7,9-11,13,15-19,32H,2,8,12,14H2,1H3. The number of nitrogens with one attached hydrogen (secondary N) is 1. The largest absolute Gasteiger partial charge is 0.353 e. The van der Waals surface area contributed by atoms with E-state index in [0.717, 1.165) is 44.4 Å². The van der Waals surface area contributed by atoms with Gasteiger partial charge in [-0.05, 0) is 67.8 Å². The van der Waals surface area contributed by atoms with Gasteiger partial charge < -0.3 is 9.88 Å². The predicted octanol–water partition coefficient (Wildman–Crippen LogP) is 6.90. The van der Waals surface area contributed by atoms with Gasteiger partial charge >= 0.3 is 0 Å². The zero-order valence-corrected chi connectivity index (χ0v) is 19.1. The minimum Gasteiger partial charge on any atom is -0.353 e. The molecule has 34 heavy (non-hydrogen) atoms. The van der Waals surface area contributed by atoms with Crippen LogP contribution in [0.5, 0.6) is 0 Å². The average Bonchev–Trinajstić information content (AvgIpc) is 3.22. The molecule has 2 heterocycles. The highest BCUT2D eigenvalue weighted by atomic mass is 19.1. The van der Waals surface area contributed by atoms with Crippen LogP contribution in [0.25, 0.3) is 33.2 Å². The molecule has 4 nitrogen and oxygen atoms in total. The Kier molecular flexibility index (Phi) is 6.09. The summed E-state index contributed by atoms with van der Waals surface area (Å²) < 4.78 is 14.1. The number of para-hydroxylation sites is 2. The summed E-state index contributed by atoms with van der Waals surface area (Å²) in [6.45, 7) is 2.60.